The molecule has 4 rings (SSSR count). The molecule has 0 unspecified atom stereocenters. The average molecular weight is 438 g/mol. The summed E-state index contributed by atoms with van der Waals surface area (Å²) in [4.78, 5) is 21.6. The van der Waals surface area contributed by atoms with Gasteiger partial charge in [0, 0.05) is 11.7 Å². The highest BCUT2D eigenvalue weighted by Crippen LogP contribution is 2.37. The molecular weight excluding hydrogens is 414 g/mol. The fourth-order valence-electron chi connectivity index (χ4n) is 3.52. The van der Waals surface area contributed by atoms with Crippen LogP contribution in [0.15, 0.2) is 35.4 Å². The first-order valence-electron chi connectivity index (χ1n) is 10.1. The van der Waals surface area contributed by atoms with Crippen LogP contribution in [-0.2, 0) is 0 Å². The largest absolute Gasteiger partial charge is 0.382 e. The van der Waals surface area contributed by atoms with Crippen molar-refractivity contribution in [2.24, 2.45) is 0 Å². The van der Waals surface area contributed by atoms with Crippen molar-refractivity contribution in [2.45, 2.75) is 51.3 Å². The number of hydrogen-bond acceptors (Lipinski definition) is 6. The van der Waals surface area contributed by atoms with Crippen molar-refractivity contribution in [2.75, 3.05) is 11.1 Å². The van der Waals surface area contributed by atoms with Crippen LogP contribution in [0.2, 0.25) is 5.02 Å². The van der Waals surface area contributed by atoms with Crippen molar-refractivity contribution >= 4 is 34.0 Å². The number of rotatable bonds is 4. The summed E-state index contributed by atoms with van der Waals surface area (Å²) in [5, 5.41) is 15.1. The van der Waals surface area contributed by atoms with Gasteiger partial charge in [0.2, 0.25) is 0 Å². The number of benzene rings is 1. The molecule has 0 bridgehead atoms. The van der Waals surface area contributed by atoms with E-state index in [-0.39, 0.29) is 23.5 Å². The second-order valence-corrected chi connectivity index (χ2v) is 8.74. The molecule has 7 nitrogen and oxygen atoms in total. The molecular formula is C23H24ClN5O2. The standard InChI is InChI=1S/C23H24ClN5O2/c1-13(28-21-16(9-10-23(2,3)31)20(25)26-12-27-21)18-11-14-5-4-6-17(24)19(14)22(30)29(18)15-7-8-15/h4-6,11-13,15,31H,7-8H2,1-3H3,(H3,25,26,27,28)/t13-/m0/s1. The number of nitrogen functional groups attached to an aromatic ring is 1. The quantitative estimate of drug-likeness (QED) is 0.538. The molecule has 0 spiro atoms. The lowest BCUT2D eigenvalue weighted by atomic mass is 10.1. The highest BCUT2D eigenvalue weighted by atomic mass is 35.5. The SMILES string of the molecule is C[C@H](Nc1ncnc(N)c1C#CC(C)(C)O)c1cc2cccc(Cl)c2c(=O)n1C1CC1. The number of nitrogens with zero attached hydrogens (tertiary/aromatic N) is 3. The van der Waals surface area contributed by atoms with Gasteiger partial charge in [-0.3, -0.25) is 4.79 Å². The van der Waals surface area contributed by atoms with E-state index in [0.717, 1.165) is 23.9 Å². The van der Waals surface area contributed by atoms with Crippen molar-refractivity contribution in [3.63, 3.8) is 0 Å². The molecule has 160 valence electrons. The molecule has 1 aromatic carbocycles. The molecule has 0 amide bonds. The van der Waals surface area contributed by atoms with E-state index in [1.54, 1.807) is 19.9 Å². The monoisotopic (exact) mass is 437 g/mol. The van der Waals surface area contributed by atoms with Crippen LogP contribution in [0, 0.1) is 11.8 Å². The molecule has 8 heteroatoms. The topological polar surface area (TPSA) is 106 Å². The van der Waals surface area contributed by atoms with Crippen LogP contribution in [0.3, 0.4) is 0 Å². The van der Waals surface area contributed by atoms with Crippen LogP contribution in [0.5, 0.6) is 0 Å². The van der Waals surface area contributed by atoms with Gasteiger partial charge >= 0.3 is 0 Å². The van der Waals surface area contributed by atoms with Crippen LogP contribution >= 0.6 is 11.6 Å². The summed E-state index contributed by atoms with van der Waals surface area (Å²) in [7, 11) is 0. The molecule has 2 aromatic heterocycles. The van der Waals surface area contributed by atoms with E-state index in [1.165, 1.54) is 6.33 Å². The molecule has 1 aliphatic carbocycles. The average Bonchev–Trinajstić information content (AvgIpc) is 3.51. The number of hydrogen-bond donors (Lipinski definition) is 3. The zero-order valence-corrected chi connectivity index (χ0v) is 18.4. The zero-order valence-electron chi connectivity index (χ0n) is 17.6. The molecule has 1 saturated carbocycles. The molecule has 1 fully saturated rings. The van der Waals surface area contributed by atoms with Crippen LogP contribution in [0.4, 0.5) is 11.6 Å². The fraction of sp³-hybridized carbons (Fsp3) is 0.348. The van der Waals surface area contributed by atoms with Crippen LogP contribution in [-0.4, -0.2) is 25.2 Å². The second kappa shape index (κ2) is 7.88. The maximum absolute atomic E-state index is 13.3. The molecule has 0 saturated heterocycles. The summed E-state index contributed by atoms with van der Waals surface area (Å²) in [5.74, 6) is 6.28. The first kappa shape index (κ1) is 21.2. The van der Waals surface area contributed by atoms with Gasteiger partial charge in [0.1, 0.15) is 29.1 Å². The first-order valence-corrected chi connectivity index (χ1v) is 10.5. The number of fused-ring (bicyclic) bond motifs is 1. The summed E-state index contributed by atoms with van der Waals surface area (Å²) >= 11 is 6.34. The van der Waals surface area contributed by atoms with E-state index in [4.69, 9.17) is 17.3 Å². The van der Waals surface area contributed by atoms with E-state index < -0.39 is 5.60 Å². The predicted octanol–water partition coefficient (Wildman–Crippen LogP) is 3.66. The summed E-state index contributed by atoms with van der Waals surface area (Å²) in [6.45, 7) is 5.13. The molecule has 1 atom stereocenters. The Bertz CT molecular complexity index is 1280. The molecule has 2 heterocycles. The first-order chi connectivity index (χ1) is 14.7. The number of nitrogens with one attached hydrogen (secondary N) is 1. The van der Waals surface area contributed by atoms with E-state index in [9.17, 15) is 9.90 Å². The van der Waals surface area contributed by atoms with Crippen molar-refractivity contribution in [1.29, 1.82) is 0 Å². The third-order valence-corrected chi connectivity index (χ3v) is 5.45. The van der Waals surface area contributed by atoms with Crippen molar-refractivity contribution < 1.29 is 5.11 Å². The third kappa shape index (κ3) is 4.36. The van der Waals surface area contributed by atoms with E-state index >= 15 is 0 Å². The fourth-order valence-corrected chi connectivity index (χ4v) is 3.79. The number of pyridine rings is 1. The Morgan fingerprint density at radius 3 is 2.77 bits per heavy atom. The highest BCUT2D eigenvalue weighted by molar-refractivity contribution is 6.35. The summed E-state index contributed by atoms with van der Waals surface area (Å²) in [6.07, 6.45) is 3.27. The molecule has 31 heavy (non-hydrogen) atoms. The Balaban J connectivity index is 1.79. The molecule has 4 N–H and O–H groups in total. The smallest absolute Gasteiger partial charge is 0.260 e. The number of nitrogens with two attached hydrogens (primary N) is 1. The van der Waals surface area contributed by atoms with Crippen molar-refractivity contribution in [1.82, 2.24) is 14.5 Å². The lowest BCUT2D eigenvalue weighted by Crippen LogP contribution is -2.26. The Labute approximate surface area is 185 Å². The Hall–Kier alpha value is -3.08. The van der Waals surface area contributed by atoms with E-state index in [2.05, 4.69) is 27.1 Å². The Morgan fingerprint density at radius 1 is 1.35 bits per heavy atom. The van der Waals surface area contributed by atoms with Gasteiger partial charge in [0.15, 0.2) is 0 Å². The Morgan fingerprint density at radius 2 is 2.10 bits per heavy atom. The minimum atomic E-state index is -1.19. The maximum atomic E-state index is 13.3. The van der Waals surface area contributed by atoms with Gasteiger partial charge in [-0.2, -0.15) is 0 Å². The Kier molecular flexibility index (Phi) is 5.38. The number of aromatic nitrogens is 3. The summed E-state index contributed by atoms with van der Waals surface area (Å²) in [5.41, 5.74) is 5.99. The lowest BCUT2D eigenvalue weighted by molar-refractivity contribution is 0.143. The van der Waals surface area contributed by atoms with E-state index in [1.807, 2.05) is 29.7 Å². The number of halogens is 1. The minimum Gasteiger partial charge on any atom is -0.382 e. The van der Waals surface area contributed by atoms with Crippen LogP contribution < -0.4 is 16.6 Å². The van der Waals surface area contributed by atoms with Crippen molar-refractivity contribution in [3.8, 4) is 11.8 Å². The minimum absolute atomic E-state index is 0.0847. The molecule has 0 aliphatic heterocycles. The normalized spacial score (nSPS) is 14.7. The summed E-state index contributed by atoms with van der Waals surface area (Å²) in [6, 6.07) is 7.35. The lowest BCUT2D eigenvalue weighted by Gasteiger charge is -2.22. The second-order valence-electron chi connectivity index (χ2n) is 8.34. The number of anilines is 2. The van der Waals surface area contributed by atoms with Crippen molar-refractivity contribution in [3.05, 3.63) is 57.2 Å². The molecule has 1 aliphatic rings. The van der Waals surface area contributed by atoms with Gasteiger partial charge in [-0.25, -0.2) is 9.97 Å². The summed E-state index contributed by atoms with van der Waals surface area (Å²) < 4.78 is 1.83. The van der Waals surface area contributed by atoms with Gasteiger partial charge in [0.05, 0.1) is 16.5 Å². The predicted molar refractivity (Wildman–Crippen MR) is 123 cm³/mol. The van der Waals surface area contributed by atoms with Gasteiger partial charge in [-0.15, -0.1) is 0 Å². The maximum Gasteiger partial charge on any atom is 0.260 e. The van der Waals surface area contributed by atoms with Gasteiger partial charge < -0.3 is 20.7 Å². The zero-order chi connectivity index (χ0) is 22.3. The van der Waals surface area contributed by atoms with Gasteiger partial charge in [0.25, 0.3) is 5.56 Å². The van der Waals surface area contributed by atoms with E-state index in [0.29, 0.717) is 21.8 Å². The molecule has 0 radical (unpaired) electrons. The van der Waals surface area contributed by atoms with Crippen LogP contribution in [0.25, 0.3) is 10.8 Å². The van der Waals surface area contributed by atoms with Crippen LogP contribution in [0.1, 0.15) is 57.0 Å². The van der Waals surface area contributed by atoms with Gasteiger partial charge in [-0.1, -0.05) is 35.6 Å². The van der Waals surface area contributed by atoms with Gasteiger partial charge in [-0.05, 0) is 51.1 Å². The highest BCUT2D eigenvalue weighted by Gasteiger charge is 2.29. The third-order valence-electron chi connectivity index (χ3n) is 5.14. The molecule has 3 aromatic rings. The number of aliphatic hydroxyl groups is 1.